The minimum atomic E-state index is -0.359. The van der Waals surface area contributed by atoms with Crippen molar-refractivity contribution >= 4 is 5.91 Å². The lowest BCUT2D eigenvalue weighted by molar-refractivity contribution is -0.0715. The second kappa shape index (κ2) is 6.97. The summed E-state index contributed by atoms with van der Waals surface area (Å²) in [4.78, 5) is 17.0. The molecule has 1 aromatic rings. The Bertz CT molecular complexity index is 556. The lowest BCUT2D eigenvalue weighted by Crippen LogP contribution is -2.50. The van der Waals surface area contributed by atoms with Crippen LogP contribution in [0.25, 0.3) is 0 Å². The first-order chi connectivity index (χ1) is 11.0. The van der Waals surface area contributed by atoms with Crippen LogP contribution >= 0.6 is 0 Å². The standard InChI is InChI=1S/C18H25FN2O2/c1-13-10-20(11-14(2)23-13)12-17-7-4-8-21(17)18(22)15-5-3-6-16(19)9-15/h3,5-6,9,13-14,17H,4,7-8,10-12H2,1-2H3/t13-,14-,17-/m1/s1. The minimum Gasteiger partial charge on any atom is -0.373 e. The summed E-state index contributed by atoms with van der Waals surface area (Å²) in [7, 11) is 0. The Balaban J connectivity index is 1.66. The Morgan fingerprint density at radius 2 is 2.04 bits per heavy atom. The predicted molar refractivity (Wildman–Crippen MR) is 86.9 cm³/mol. The highest BCUT2D eigenvalue weighted by Crippen LogP contribution is 2.23. The summed E-state index contributed by atoms with van der Waals surface area (Å²) in [6.45, 7) is 7.63. The van der Waals surface area contributed by atoms with E-state index in [0.717, 1.165) is 39.0 Å². The average molecular weight is 320 g/mol. The predicted octanol–water partition coefficient (Wildman–Crippen LogP) is 2.54. The summed E-state index contributed by atoms with van der Waals surface area (Å²) >= 11 is 0. The molecule has 126 valence electrons. The molecule has 23 heavy (non-hydrogen) atoms. The molecule has 0 spiro atoms. The van der Waals surface area contributed by atoms with Crippen molar-refractivity contribution in [1.82, 2.24) is 9.80 Å². The monoisotopic (exact) mass is 320 g/mol. The number of likely N-dealkylation sites (tertiary alicyclic amines) is 1. The molecule has 0 N–H and O–H groups in total. The maximum atomic E-state index is 13.4. The maximum absolute atomic E-state index is 13.4. The molecule has 2 heterocycles. The molecule has 1 aromatic carbocycles. The van der Waals surface area contributed by atoms with Crippen LogP contribution in [0.2, 0.25) is 0 Å². The van der Waals surface area contributed by atoms with Crippen LogP contribution in [0.1, 0.15) is 37.0 Å². The zero-order chi connectivity index (χ0) is 16.4. The van der Waals surface area contributed by atoms with Crippen LogP contribution in [-0.2, 0) is 4.74 Å². The van der Waals surface area contributed by atoms with Crippen molar-refractivity contribution in [3.8, 4) is 0 Å². The number of benzene rings is 1. The molecule has 0 unspecified atom stereocenters. The van der Waals surface area contributed by atoms with Gasteiger partial charge in [-0.2, -0.15) is 0 Å². The maximum Gasteiger partial charge on any atom is 0.254 e. The fraction of sp³-hybridized carbons (Fsp3) is 0.611. The number of carbonyl (C=O) groups excluding carboxylic acids is 1. The summed E-state index contributed by atoms with van der Waals surface area (Å²) in [5.41, 5.74) is 0.445. The number of hydrogen-bond acceptors (Lipinski definition) is 3. The quantitative estimate of drug-likeness (QED) is 0.858. The number of nitrogens with zero attached hydrogens (tertiary/aromatic N) is 2. The Morgan fingerprint density at radius 3 is 2.74 bits per heavy atom. The Labute approximate surface area is 137 Å². The summed E-state index contributed by atoms with van der Waals surface area (Å²) in [6.07, 6.45) is 2.49. The summed E-state index contributed by atoms with van der Waals surface area (Å²) in [6, 6.07) is 6.20. The van der Waals surface area contributed by atoms with Crippen molar-refractivity contribution < 1.29 is 13.9 Å². The highest BCUT2D eigenvalue weighted by molar-refractivity contribution is 5.94. The van der Waals surface area contributed by atoms with Crippen molar-refractivity contribution in [2.45, 2.75) is 44.9 Å². The molecule has 5 heteroatoms. The van der Waals surface area contributed by atoms with E-state index in [2.05, 4.69) is 18.7 Å². The molecular weight excluding hydrogens is 295 g/mol. The van der Waals surface area contributed by atoms with Crippen LogP contribution in [0.3, 0.4) is 0 Å². The summed E-state index contributed by atoms with van der Waals surface area (Å²) < 4.78 is 19.2. The third-order valence-corrected chi connectivity index (χ3v) is 4.67. The van der Waals surface area contributed by atoms with Gasteiger partial charge in [0.15, 0.2) is 0 Å². The zero-order valence-corrected chi connectivity index (χ0v) is 13.9. The Kier molecular flexibility index (Phi) is 4.97. The molecule has 1 amide bonds. The number of ether oxygens (including phenoxy) is 1. The fourth-order valence-electron chi connectivity index (χ4n) is 3.81. The minimum absolute atomic E-state index is 0.0543. The zero-order valence-electron chi connectivity index (χ0n) is 13.9. The number of carbonyl (C=O) groups is 1. The fourth-order valence-corrected chi connectivity index (χ4v) is 3.81. The van der Waals surface area contributed by atoms with Crippen LogP contribution in [0, 0.1) is 5.82 Å². The van der Waals surface area contributed by atoms with Gasteiger partial charge in [0.1, 0.15) is 5.82 Å². The molecule has 0 aromatic heterocycles. The smallest absolute Gasteiger partial charge is 0.254 e. The number of morpholine rings is 1. The molecule has 2 aliphatic rings. The van der Waals surface area contributed by atoms with E-state index in [1.165, 1.54) is 12.1 Å². The van der Waals surface area contributed by atoms with E-state index in [1.807, 2.05) is 4.90 Å². The lowest BCUT2D eigenvalue weighted by Gasteiger charge is -2.38. The van der Waals surface area contributed by atoms with Crippen molar-refractivity contribution in [3.05, 3.63) is 35.6 Å². The van der Waals surface area contributed by atoms with Crippen LogP contribution in [-0.4, -0.2) is 60.1 Å². The van der Waals surface area contributed by atoms with Gasteiger partial charge in [0.05, 0.1) is 12.2 Å². The SMILES string of the molecule is C[C@@H]1CN(C[C@H]2CCCN2C(=O)c2cccc(F)c2)C[C@@H](C)O1. The highest BCUT2D eigenvalue weighted by Gasteiger charge is 2.32. The van der Waals surface area contributed by atoms with E-state index >= 15 is 0 Å². The third-order valence-electron chi connectivity index (χ3n) is 4.67. The number of amides is 1. The molecule has 0 aliphatic carbocycles. The highest BCUT2D eigenvalue weighted by atomic mass is 19.1. The van der Waals surface area contributed by atoms with E-state index < -0.39 is 0 Å². The summed E-state index contributed by atoms with van der Waals surface area (Å²) in [5.74, 6) is -0.413. The summed E-state index contributed by atoms with van der Waals surface area (Å²) in [5, 5.41) is 0. The van der Waals surface area contributed by atoms with Crippen LogP contribution in [0.15, 0.2) is 24.3 Å². The number of rotatable bonds is 3. The van der Waals surface area contributed by atoms with E-state index in [0.29, 0.717) is 5.56 Å². The van der Waals surface area contributed by atoms with Crippen molar-refractivity contribution in [3.63, 3.8) is 0 Å². The molecule has 2 aliphatic heterocycles. The topological polar surface area (TPSA) is 32.8 Å². The molecule has 3 rings (SSSR count). The second-order valence-electron chi connectivity index (χ2n) is 6.78. The molecule has 3 atom stereocenters. The van der Waals surface area contributed by atoms with Gasteiger partial charge in [-0.15, -0.1) is 0 Å². The van der Waals surface area contributed by atoms with Crippen LogP contribution < -0.4 is 0 Å². The van der Waals surface area contributed by atoms with Crippen molar-refractivity contribution in [1.29, 1.82) is 0 Å². The largest absolute Gasteiger partial charge is 0.373 e. The van der Waals surface area contributed by atoms with Gasteiger partial charge in [-0.25, -0.2) is 4.39 Å². The van der Waals surface area contributed by atoms with Gasteiger partial charge in [-0.05, 0) is 44.9 Å². The Hall–Kier alpha value is -1.46. The Morgan fingerprint density at radius 1 is 1.30 bits per heavy atom. The normalized spacial score (nSPS) is 29.0. The van der Waals surface area contributed by atoms with Gasteiger partial charge in [0.25, 0.3) is 5.91 Å². The van der Waals surface area contributed by atoms with Gasteiger partial charge >= 0.3 is 0 Å². The molecule has 2 saturated heterocycles. The lowest BCUT2D eigenvalue weighted by atomic mass is 10.1. The van der Waals surface area contributed by atoms with Crippen molar-refractivity contribution in [2.75, 3.05) is 26.2 Å². The average Bonchev–Trinajstić information content (AvgIpc) is 2.93. The second-order valence-corrected chi connectivity index (χ2v) is 6.78. The van der Waals surface area contributed by atoms with Gasteiger partial charge in [-0.3, -0.25) is 9.69 Å². The first-order valence-electron chi connectivity index (χ1n) is 8.47. The van der Waals surface area contributed by atoms with Gasteiger partial charge in [0, 0.05) is 37.8 Å². The number of halogens is 1. The first kappa shape index (κ1) is 16.4. The molecule has 0 radical (unpaired) electrons. The van der Waals surface area contributed by atoms with Crippen molar-refractivity contribution in [2.24, 2.45) is 0 Å². The number of hydrogen-bond donors (Lipinski definition) is 0. The molecular formula is C18H25FN2O2. The van der Waals surface area contributed by atoms with E-state index in [9.17, 15) is 9.18 Å². The van der Waals surface area contributed by atoms with Crippen LogP contribution in [0.5, 0.6) is 0 Å². The van der Waals surface area contributed by atoms with Gasteiger partial charge < -0.3 is 9.64 Å². The third kappa shape index (κ3) is 3.90. The first-order valence-corrected chi connectivity index (χ1v) is 8.47. The van der Waals surface area contributed by atoms with Gasteiger partial charge in [-0.1, -0.05) is 6.07 Å². The van der Waals surface area contributed by atoms with Gasteiger partial charge in [0.2, 0.25) is 0 Å². The molecule has 0 saturated carbocycles. The molecule has 0 bridgehead atoms. The van der Waals surface area contributed by atoms with E-state index in [1.54, 1.807) is 12.1 Å². The van der Waals surface area contributed by atoms with Crippen LogP contribution in [0.4, 0.5) is 4.39 Å². The molecule has 4 nitrogen and oxygen atoms in total. The van der Waals surface area contributed by atoms with E-state index in [4.69, 9.17) is 4.74 Å². The van der Waals surface area contributed by atoms with E-state index in [-0.39, 0.29) is 30.0 Å². The molecule has 2 fully saturated rings.